The van der Waals surface area contributed by atoms with E-state index in [1.165, 1.54) is 62.8 Å². The SMILES string of the molecule is CCCCCCN1c2ccccc2Sc2c(CO[Si](c3ccccc3)(c3ccccc3)C(C)(C)C)cccc21. The van der Waals surface area contributed by atoms with E-state index < -0.39 is 8.32 Å². The quantitative estimate of drug-likeness (QED) is 0.144. The smallest absolute Gasteiger partial charge is 0.261 e. The lowest BCUT2D eigenvalue weighted by Gasteiger charge is -2.43. The lowest BCUT2D eigenvalue weighted by Crippen LogP contribution is -2.66. The van der Waals surface area contributed by atoms with Crippen LogP contribution in [0.2, 0.25) is 5.04 Å². The van der Waals surface area contributed by atoms with Crippen molar-refractivity contribution >= 4 is 41.8 Å². The average Bonchev–Trinajstić information content (AvgIpc) is 2.95. The summed E-state index contributed by atoms with van der Waals surface area (Å²) in [6, 6.07) is 37.6. The molecule has 4 aromatic carbocycles. The van der Waals surface area contributed by atoms with Crippen molar-refractivity contribution in [1.82, 2.24) is 0 Å². The molecule has 5 rings (SSSR count). The third-order valence-electron chi connectivity index (χ3n) is 7.83. The highest BCUT2D eigenvalue weighted by Crippen LogP contribution is 2.50. The van der Waals surface area contributed by atoms with Crippen molar-refractivity contribution < 1.29 is 4.43 Å². The zero-order chi connectivity index (χ0) is 27.3. The monoisotopic (exact) mass is 551 g/mol. The second-order valence-electron chi connectivity index (χ2n) is 11.5. The Kier molecular flexibility index (Phi) is 8.66. The van der Waals surface area contributed by atoms with Crippen LogP contribution in [0.15, 0.2) is 113 Å². The minimum absolute atomic E-state index is 0.0460. The summed E-state index contributed by atoms with van der Waals surface area (Å²) in [5, 5.41) is 2.60. The van der Waals surface area contributed by atoms with Gasteiger partial charge < -0.3 is 9.33 Å². The number of unbranched alkanes of at least 4 members (excludes halogenated alkanes) is 3. The van der Waals surface area contributed by atoms with E-state index in [2.05, 4.69) is 136 Å². The van der Waals surface area contributed by atoms with Gasteiger partial charge in [-0.05, 0) is 45.6 Å². The number of hydrogen-bond acceptors (Lipinski definition) is 3. The van der Waals surface area contributed by atoms with Crippen molar-refractivity contribution in [3.63, 3.8) is 0 Å². The van der Waals surface area contributed by atoms with Crippen LogP contribution in [0.4, 0.5) is 11.4 Å². The largest absolute Gasteiger partial charge is 0.403 e. The molecule has 0 saturated heterocycles. The zero-order valence-electron chi connectivity index (χ0n) is 23.8. The molecule has 0 N–H and O–H groups in total. The maximum Gasteiger partial charge on any atom is 0.261 e. The van der Waals surface area contributed by atoms with Gasteiger partial charge in [-0.3, -0.25) is 0 Å². The third kappa shape index (κ3) is 5.61. The molecule has 0 fully saturated rings. The summed E-state index contributed by atoms with van der Waals surface area (Å²) in [7, 11) is -2.62. The van der Waals surface area contributed by atoms with Crippen LogP contribution in [-0.2, 0) is 11.0 Å². The summed E-state index contributed by atoms with van der Waals surface area (Å²) < 4.78 is 7.36. The number of para-hydroxylation sites is 1. The van der Waals surface area contributed by atoms with Crippen LogP contribution in [0, 0.1) is 0 Å². The van der Waals surface area contributed by atoms with Crippen molar-refractivity contribution in [3.05, 3.63) is 109 Å². The van der Waals surface area contributed by atoms with Crippen LogP contribution < -0.4 is 15.3 Å². The predicted molar refractivity (Wildman–Crippen MR) is 171 cm³/mol. The second kappa shape index (κ2) is 12.2. The molecule has 1 aliphatic heterocycles. The topological polar surface area (TPSA) is 12.5 Å². The first-order chi connectivity index (χ1) is 19.0. The fourth-order valence-corrected chi connectivity index (χ4v) is 11.6. The summed E-state index contributed by atoms with van der Waals surface area (Å²) in [6.07, 6.45) is 5.03. The van der Waals surface area contributed by atoms with Crippen LogP contribution >= 0.6 is 11.8 Å². The zero-order valence-corrected chi connectivity index (χ0v) is 25.6. The Morgan fingerprint density at radius 1 is 0.692 bits per heavy atom. The van der Waals surface area contributed by atoms with Crippen LogP contribution in [0.5, 0.6) is 0 Å². The van der Waals surface area contributed by atoms with E-state index in [-0.39, 0.29) is 5.04 Å². The van der Waals surface area contributed by atoms with Crippen LogP contribution in [-0.4, -0.2) is 14.9 Å². The van der Waals surface area contributed by atoms with Gasteiger partial charge >= 0.3 is 0 Å². The second-order valence-corrected chi connectivity index (χ2v) is 16.9. The van der Waals surface area contributed by atoms with E-state index in [9.17, 15) is 0 Å². The highest BCUT2D eigenvalue weighted by Gasteiger charge is 2.50. The Bertz CT molecular complexity index is 1330. The lowest BCUT2D eigenvalue weighted by atomic mass is 10.1. The minimum atomic E-state index is -2.62. The van der Waals surface area contributed by atoms with E-state index in [4.69, 9.17) is 4.43 Å². The fourth-order valence-electron chi connectivity index (χ4n) is 5.91. The molecule has 2 nitrogen and oxygen atoms in total. The Morgan fingerprint density at radius 2 is 1.31 bits per heavy atom. The Morgan fingerprint density at radius 3 is 1.95 bits per heavy atom. The summed E-state index contributed by atoms with van der Waals surface area (Å²) in [5.74, 6) is 0. The molecule has 0 bridgehead atoms. The summed E-state index contributed by atoms with van der Waals surface area (Å²) in [4.78, 5) is 5.21. The molecule has 1 aliphatic rings. The maximum atomic E-state index is 7.36. The van der Waals surface area contributed by atoms with Crippen LogP contribution in [0.1, 0.15) is 58.9 Å². The molecule has 0 unspecified atom stereocenters. The molecule has 4 heteroatoms. The first kappa shape index (κ1) is 27.8. The van der Waals surface area contributed by atoms with Gasteiger partial charge in [0.25, 0.3) is 8.32 Å². The number of benzene rings is 4. The van der Waals surface area contributed by atoms with Crippen LogP contribution in [0.3, 0.4) is 0 Å². The lowest BCUT2D eigenvalue weighted by molar-refractivity contribution is 0.283. The number of anilines is 2. The Hall–Kier alpha value is -2.79. The molecule has 0 spiro atoms. The molecular weight excluding hydrogens is 511 g/mol. The molecule has 0 amide bonds. The number of nitrogens with zero attached hydrogens (tertiary/aromatic N) is 1. The first-order valence-corrected chi connectivity index (χ1v) is 17.1. The first-order valence-electron chi connectivity index (χ1n) is 14.4. The number of hydrogen-bond donors (Lipinski definition) is 0. The Balaban J connectivity index is 1.54. The van der Waals surface area contributed by atoms with Crippen LogP contribution in [0.25, 0.3) is 0 Å². The third-order valence-corrected chi connectivity index (χ3v) is 14.1. The molecule has 39 heavy (non-hydrogen) atoms. The van der Waals surface area contributed by atoms with Gasteiger partial charge in [0.1, 0.15) is 0 Å². The van der Waals surface area contributed by atoms with Gasteiger partial charge in [-0.15, -0.1) is 0 Å². The number of fused-ring (bicyclic) bond motifs is 2. The molecule has 0 saturated carbocycles. The van der Waals surface area contributed by atoms with Gasteiger partial charge in [-0.2, -0.15) is 0 Å². The molecule has 0 aliphatic carbocycles. The average molecular weight is 552 g/mol. The van der Waals surface area contributed by atoms with E-state index >= 15 is 0 Å². The fraction of sp³-hybridized carbons (Fsp3) is 0.314. The highest BCUT2D eigenvalue weighted by atomic mass is 32.2. The van der Waals surface area contributed by atoms with E-state index in [1.807, 2.05) is 11.8 Å². The van der Waals surface area contributed by atoms with Crippen molar-refractivity contribution in [2.75, 3.05) is 11.4 Å². The van der Waals surface area contributed by atoms with Gasteiger partial charge in [0, 0.05) is 16.3 Å². The molecule has 0 aromatic heterocycles. The van der Waals surface area contributed by atoms with Crippen molar-refractivity contribution in [3.8, 4) is 0 Å². The van der Waals surface area contributed by atoms with Gasteiger partial charge in [-0.1, -0.05) is 144 Å². The molecule has 4 aromatic rings. The standard InChI is InChI=1S/C35H41NOSSi/c1-5-6-7-16-26-36-31-23-14-15-25-33(31)38-34-28(18-17-24-32(34)36)27-37-39(35(2,3)4,29-19-10-8-11-20-29)30-21-12-9-13-22-30/h8-15,17-25H,5-7,16,26-27H2,1-4H3. The van der Waals surface area contributed by atoms with Crippen molar-refractivity contribution in [2.45, 2.75) is 74.8 Å². The van der Waals surface area contributed by atoms with E-state index in [0.29, 0.717) is 6.61 Å². The highest BCUT2D eigenvalue weighted by molar-refractivity contribution is 7.99. The van der Waals surface area contributed by atoms with Gasteiger partial charge in [0.15, 0.2) is 0 Å². The van der Waals surface area contributed by atoms with Gasteiger partial charge in [0.05, 0.1) is 18.0 Å². The van der Waals surface area contributed by atoms with Gasteiger partial charge in [0.2, 0.25) is 0 Å². The van der Waals surface area contributed by atoms with Crippen molar-refractivity contribution in [2.24, 2.45) is 0 Å². The molecule has 202 valence electrons. The minimum Gasteiger partial charge on any atom is -0.403 e. The van der Waals surface area contributed by atoms with E-state index in [0.717, 1.165) is 6.54 Å². The summed E-state index contributed by atoms with van der Waals surface area (Å²) in [6.45, 7) is 11.0. The molecular formula is C35H41NOSSi. The maximum absolute atomic E-state index is 7.36. The van der Waals surface area contributed by atoms with Gasteiger partial charge in [-0.25, -0.2) is 0 Å². The molecule has 0 radical (unpaired) electrons. The van der Waals surface area contributed by atoms with Crippen molar-refractivity contribution in [1.29, 1.82) is 0 Å². The van der Waals surface area contributed by atoms with E-state index in [1.54, 1.807) is 0 Å². The summed E-state index contributed by atoms with van der Waals surface area (Å²) in [5.41, 5.74) is 3.92. The number of rotatable bonds is 10. The predicted octanol–water partition coefficient (Wildman–Crippen LogP) is 8.95. The Labute approximate surface area is 240 Å². The normalized spacial score (nSPS) is 13.2. The molecule has 1 heterocycles. The summed E-state index contributed by atoms with van der Waals surface area (Å²) >= 11 is 1.90. The molecule has 0 atom stereocenters.